The average molecular weight is 443 g/mol. The van der Waals surface area contributed by atoms with E-state index in [1.54, 1.807) is 19.9 Å². The zero-order valence-electron chi connectivity index (χ0n) is 17.2. The van der Waals surface area contributed by atoms with Gasteiger partial charge in [0.05, 0.1) is 36.2 Å². The summed E-state index contributed by atoms with van der Waals surface area (Å²) < 4.78 is 9.78. The Hall–Kier alpha value is -3.77. The van der Waals surface area contributed by atoms with E-state index in [1.807, 2.05) is 6.07 Å². The second-order valence-corrected chi connectivity index (χ2v) is 7.50. The highest BCUT2D eigenvalue weighted by molar-refractivity contribution is 6.34. The van der Waals surface area contributed by atoms with Gasteiger partial charge in [-0.2, -0.15) is 5.26 Å². The van der Waals surface area contributed by atoms with Crippen LogP contribution >= 0.6 is 11.6 Å². The summed E-state index contributed by atoms with van der Waals surface area (Å²) in [6.07, 6.45) is -0.728. The van der Waals surface area contributed by atoms with Crippen molar-refractivity contribution in [3.63, 3.8) is 0 Å². The van der Waals surface area contributed by atoms with Crippen molar-refractivity contribution < 1.29 is 23.9 Å². The molecule has 0 saturated carbocycles. The molecule has 2 aromatic carbocycles. The predicted molar refractivity (Wildman–Crippen MR) is 115 cm³/mol. The number of carbonyl (C=O) groups is 3. The van der Waals surface area contributed by atoms with Crippen molar-refractivity contribution in [3.05, 3.63) is 47.0 Å². The summed E-state index contributed by atoms with van der Waals surface area (Å²) in [6, 6.07) is 10.4. The van der Waals surface area contributed by atoms with Gasteiger partial charge in [0.2, 0.25) is 0 Å². The Kier molecular flexibility index (Phi) is 5.77. The minimum absolute atomic E-state index is 0.223. The van der Waals surface area contributed by atoms with E-state index in [1.165, 1.54) is 49.5 Å². The Morgan fingerprint density at radius 2 is 1.81 bits per heavy atom. The van der Waals surface area contributed by atoms with Gasteiger partial charge in [-0.1, -0.05) is 11.6 Å². The number of rotatable bonds is 4. The zero-order valence-corrected chi connectivity index (χ0v) is 18.0. The summed E-state index contributed by atoms with van der Waals surface area (Å²) in [4.78, 5) is 40.4. The Morgan fingerprint density at radius 1 is 1.13 bits per heavy atom. The molecule has 0 aromatic heterocycles. The molecule has 4 amide bonds. The number of hydrogen-bond donors (Lipinski definition) is 1. The van der Waals surface area contributed by atoms with Crippen LogP contribution in [0.3, 0.4) is 0 Å². The summed E-state index contributed by atoms with van der Waals surface area (Å²) in [6.45, 7) is 3.21. The minimum atomic E-state index is -1.24. The molecule has 0 spiro atoms. The van der Waals surface area contributed by atoms with E-state index in [4.69, 9.17) is 16.3 Å². The molecule has 160 valence electrons. The first kappa shape index (κ1) is 21.9. The van der Waals surface area contributed by atoms with Gasteiger partial charge in [0.1, 0.15) is 17.4 Å². The molecule has 1 N–H and O–H groups in total. The third-order valence-corrected chi connectivity index (χ3v) is 5.19. The van der Waals surface area contributed by atoms with Crippen molar-refractivity contribution in [1.82, 2.24) is 0 Å². The Labute approximate surface area is 183 Å². The maximum atomic E-state index is 13.3. The molecule has 1 aliphatic heterocycles. The molecule has 0 bridgehead atoms. The van der Waals surface area contributed by atoms with Crippen molar-refractivity contribution in [2.75, 3.05) is 29.3 Å². The van der Waals surface area contributed by atoms with Crippen LogP contribution in [-0.2, 0) is 9.53 Å². The highest BCUT2D eigenvalue weighted by Gasteiger charge is 2.52. The van der Waals surface area contributed by atoms with Crippen molar-refractivity contribution >= 4 is 46.7 Å². The summed E-state index contributed by atoms with van der Waals surface area (Å²) in [5.74, 6) is -0.227. The number of nitrogens with one attached hydrogen (secondary N) is 1. The van der Waals surface area contributed by atoms with E-state index in [2.05, 4.69) is 10.1 Å². The number of halogens is 1. The monoisotopic (exact) mass is 442 g/mol. The number of imide groups is 1. The van der Waals surface area contributed by atoms with Crippen molar-refractivity contribution in [2.24, 2.45) is 0 Å². The fourth-order valence-electron chi connectivity index (χ4n) is 3.28. The summed E-state index contributed by atoms with van der Waals surface area (Å²) in [5.41, 5.74) is -0.127. The van der Waals surface area contributed by atoms with Gasteiger partial charge in [-0.05, 0) is 44.2 Å². The van der Waals surface area contributed by atoms with Gasteiger partial charge in [0.25, 0.3) is 5.91 Å². The molecular weight excluding hydrogens is 424 g/mol. The maximum absolute atomic E-state index is 13.3. The number of benzene rings is 2. The number of ether oxygens (including phenoxy) is 2. The molecule has 3 rings (SSSR count). The third-order valence-electron chi connectivity index (χ3n) is 4.86. The second kappa shape index (κ2) is 8.16. The standard InChI is InChI=1S/C21H19ClN4O5/c1-21(2)18(27)25(13-6-5-12(11-23)17(10-13)30-3)20(29)26(21)14-7-8-15(22)16(9-14)24-19(28)31-4/h5-10H,1-4H3,(H,24,28). The van der Waals surface area contributed by atoms with E-state index >= 15 is 0 Å². The smallest absolute Gasteiger partial charge is 0.411 e. The fraction of sp³-hybridized carbons (Fsp3) is 0.238. The molecule has 1 fully saturated rings. The van der Waals surface area contributed by atoms with Gasteiger partial charge in [-0.25, -0.2) is 14.5 Å². The summed E-state index contributed by atoms with van der Waals surface area (Å²) in [7, 11) is 2.61. The lowest BCUT2D eigenvalue weighted by atomic mass is 10.0. The number of urea groups is 1. The van der Waals surface area contributed by atoms with E-state index < -0.39 is 23.6 Å². The number of carbonyl (C=O) groups excluding carboxylic acids is 3. The Bertz CT molecular complexity index is 1130. The van der Waals surface area contributed by atoms with Gasteiger partial charge < -0.3 is 9.47 Å². The van der Waals surface area contributed by atoms with Crippen LogP contribution in [0.2, 0.25) is 5.02 Å². The molecule has 2 aromatic rings. The van der Waals surface area contributed by atoms with Gasteiger partial charge in [-0.15, -0.1) is 0 Å². The summed E-state index contributed by atoms with van der Waals surface area (Å²) in [5, 5.41) is 11.9. The van der Waals surface area contributed by atoms with Crippen LogP contribution in [-0.4, -0.2) is 37.8 Å². The topological polar surface area (TPSA) is 112 Å². The Morgan fingerprint density at radius 3 is 2.42 bits per heavy atom. The van der Waals surface area contributed by atoms with E-state index in [0.29, 0.717) is 5.69 Å². The predicted octanol–water partition coefficient (Wildman–Crippen LogP) is 4.15. The first-order chi connectivity index (χ1) is 14.6. The number of nitriles is 1. The van der Waals surface area contributed by atoms with Crippen molar-refractivity contribution in [2.45, 2.75) is 19.4 Å². The van der Waals surface area contributed by atoms with Crippen LogP contribution in [0, 0.1) is 11.3 Å². The lowest BCUT2D eigenvalue weighted by molar-refractivity contribution is -0.120. The highest BCUT2D eigenvalue weighted by atomic mass is 35.5. The molecule has 10 heteroatoms. The molecule has 0 aliphatic carbocycles. The van der Waals surface area contributed by atoms with Gasteiger partial charge in [-0.3, -0.25) is 15.0 Å². The fourth-order valence-corrected chi connectivity index (χ4v) is 3.44. The molecule has 0 atom stereocenters. The van der Waals surface area contributed by atoms with Crippen molar-refractivity contribution in [1.29, 1.82) is 5.26 Å². The normalized spacial score (nSPS) is 15.0. The van der Waals surface area contributed by atoms with Gasteiger partial charge in [0.15, 0.2) is 0 Å². The zero-order chi connectivity index (χ0) is 22.9. The molecule has 0 radical (unpaired) electrons. The highest BCUT2D eigenvalue weighted by Crippen LogP contribution is 2.39. The van der Waals surface area contributed by atoms with Crippen LogP contribution in [0.25, 0.3) is 0 Å². The first-order valence-electron chi connectivity index (χ1n) is 9.07. The minimum Gasteiger partial charge on any atom is -0.495 e. The number of hydrogen-bond acceptors (Lipinski definition) is 6. The average Bonchev–Trinajstić information content (AvgIpc) is 2.93. The van der Waals surface area contributed by atoms with E-state index in [-0.39, 0.29) is 27.7 Å². The first-order valence-corrected chi connectivity index (χ1v) is 9.45. The second-order valence-electron chi connectivity index (χ2n) is 7.09. The maximum Gasteiger partial charge on any atom is 0.411 e. The number of amides is 4. The molecule has 31 heavy (non-hydrogen) atoms. The van der Waals surface area contributed by atoms with Crippen LogP contribution in [0.4, 0.5) is 26.7 Å². The molecule has 1 saturated heterocycles. The number of methoxy groups -OCH3 is 2. The van der Waals surface area contributed by atoms with Crippen LogP contribution in [0.15, 0.2) is 36.4 Å². The van der Waals surface area contributed by atoms with Gasteiger partial charge >= 0.3 is 12.1 Å². The van der Waals surface area contributed by atoms with E-state index in [0.717, 1.165) is 4.90 Å². The molecule has 1 heterocycles. The van der Waals surface area contributed by atoms with E-state index in [9.17, 15) is 19.6 Å². The van der Waals surface area contributed by atoms with Crippen LogP contribution in [0.1, 0.15) is 19.4 Å². The molecule has 1 aliphatic rings. The quantitative estimate of drug-likeness (QED) is 0.712. The number of anilines is 3. The van der Waals surface area contributed by atoms with Gasteiger partial charge in [0, 0.05) is 11.8 Å². The van der Waals surface area contributed by atoms with Crippen LogP contribution in [0.5, 0.6) is 5.75 Å². The molecule has 0 unspecified atom stereocenters. The number of nitrogens with zero attached hydrogens (tertiary/aromatic N) is 3. The summed E-state index contributed by atoms with van der Waals surface area (Å²) >= 11 is 6.14. The SMILES string of the molecule is COC(=O)Nc1cc(N2C(=O)N(c3ccc(C#N)c(OC)c3)C(=O)C2(C)C)ccc1Cl. The third kappa shape index (κ3) is 3.73. The lowest BCUT2D eigenvalue weighted by Crippen LogP contribution is -2.44. The molecular formula is C21H19ClN4O5. The Balaban J connectivity index is 2.05. The largest absolute Gasteiger partial charge is 0.495 e. The van der Waals surface area contributed by atoms with Crippen molar-refractivity contribution in [3.8, 4) is 11.8 Å². The molecule has 9 nitrogen and oxygen atoms in total. The van der Waals surface area contributed by atoms with Crippen LogP contribution < -0.4 is 19.9 Å². The lowest BCUT2D eigenvalue weighted by Gasteiger charge is -2.28.